The van der Waals surface area contributed by atoms with E-state index >= 15 is 0 Å². The molecule has 0 bridgehead atoms. The maximum absolute atomic E-state index is 13.5. The van der Waals surface area contributed by atoms with Crippen molar-refractivity contribution >= 4 is 0 Å². The highest BCUT2D eigenvalue weighted by Gasteiger charge is 2.28. The lowest BCUT2D eigenvalue weighted by molar-refractivity contribution is 0.104. The minimum atomic E-state index is -1.19. The third-order valence-electron chi connectivity index (χ3n) is 3.15. The van der Waals surface area contributed by atoms with Crippen LogP contribution in [-0.4, -0.2) is 11.2 Å². The molecule has 0 radical (unpaired) electrons. The molecule has 2 unspecified atom stereocenters. The van der Waals surface area contributed by atoms with Gasteiger partial charge in [-0.1, -0.05) is 12.8 Å². The normalized spacial score (nSPS) is 25.8. The maximum Gasteiger partial charge on any atom is 0.162 e. The summed E-state index contributed by atoms with van der Waals surface area (Å²) in [5.74, 6) is -3.51. The fourth-order valence-corrected chi connectivity index (χ4v) is 2.32. The van der Waals surface area contributed by atoms with Crippen molar-refractivity contribution in [2.75, 3.05) is 0 Å². The lowest BCUT2D eigenvalue weighted by atomic mass is 9.81. The number of aliphatic hydroxyl groups excluding tert-OH is 1. The van der Waals surface area contributed by atoms with Crippen LogP contribution in [0.2, 0.25) is 0 Å². The Bertz CT molecular complexity index is 392. The Morgan fingerprint density at radius 3 is 2.44 bits per heavy atom. The summed E-state index contributed by atoms with van der Waals surface area (Å²) in [6.45, 7) is 0. The predicted molar refractivity (Wildman–Crippen MR) is 53.5 cm³/mol. The second kappa shape index (κ2) is 4.45. The Labute approximate surface area is 91.9 Å². The fraction of sp³-hybridized carbons (Fsp3) is 0.500. The number of hydrogen-bond acceptors (Lipinski definition) is 1. The molecule has 1 nitrogen and oxygen atoms in total. The van der Waals surface area contributed by atoms with Crippen LogP contribution in [0, 0.1) is 17.5 Å². The van der Waals surface area contributed by atoms with E-state index in [1.54, 1.807) is 0 Å². The van der Waals surface area contributed by atoms with Crippen LogP contribution in [0.15, 0.2) is 12.1 Å². The lowest BCUT2D eigenvalue weighted by Crippen LogP contribution is -2.23. The minimum absolute atomic E-state index is 0.0373. The third kappa shape index (κ3) is 2.07. The zero-order valence-corrected chi connectivity index (χ0v) is 8.72. The predicted octanol–water partition coefficient (Wildman–Crippen LogP) is 3.12. The maximum atomic E-state index is 13.5. The van der Waals surface area contributed by atoms with Gasteiger partial charge in [0.05, 0.1) is 6.10 Å². The molecule has 1 saturated carbocycles. The molecule has 0 spiro atoms. The molecule has 1 aliphatic rings. The molecular weight excluding hydrogens is 217 g/mol. The smallest absolute Gasteiger partial charge is 0.162 e. The quantitative estimate of drug-likeness (QED) is 0.735. The van der Waals surface area contributed by atoms with Crippen LogP contribution in [0.25, 0.3) is 0 Å². The van der Waals surface area contributed by atoms with E-state index in [1.807, 2.05) is 0 Å². The van der Waals surface area contributed by atoms with Crippen molar-refractivity contribution in [3.63, 3.8) is 0 Å². The molecule has 88 valence electrons. The van der Waals surface area contributed by atoms with Crippen molar-refractivity contribution in [1.82, 2.24) is 0 Å². The van der Waals surface area contributed by atoms with Crippen molar-refractivity contribution in [1.29, 1.82) is 0 Å². The average molecular weight is 230 g/mol. The topological polar surface area (TPSA) is 20.2 Å². The van der Waals surface area contributed by atoms with E-state index in [9.17, 15) is 18.3 Å². The van der Waals surface area contributed by atoms with Crippen molar-refractivity contribution in [3.8, 4) is 0 Å². The molecule has 1 aromatic rings. The van der Waals surface area contributed by atoms with Crippen LogP contribution in [0.1, 0.15) is 37.2 Å². The first kappa shape index (κ1) is 11.5. The zero-order chi connectivity index (χ0) is 11.7. The van der Waals surface area contributed by atoms with E-state index in [4.69, 9.17) is 0 Å². The van der Waals surface area contributed by atoms with Gasteiger partial charge < -0.3 is 5.11 Å². The van der Waals surface area contributed by atoms with Gasteiger partial charge in [0.1, 0.15) is 5.82 Å². The van der Waals surface area contributed by atoms with Gasteiger partial charge in [-0.05, 0) is 24.5 Å². The number of rotatable bonds is 1. The second-order valence-corrected chi connectivity index (χ2v) is 4.25. The number of hydrogen-bond donors (Lipinski definition) is 1. The summed E-state index contributed by atoms with van der Waals surface area (Å²) in [4.78, 5) is 0. The summed E-state index contributed by atoms with van der Waals surface area (Å²) < 4.78 is 39.5. The van der Waals surface area contributed by atoms with Gasteiger partial charge in [-0.2, -0.15) is 0 Å². The standard InChI is InChI=1S/C12H13F3O/c13-7-5-9(12(15)10(14)6-7)8-3-1-2-4-11(8)16/h5-6,8,11,16H,1-4H2. The molecule has 1 aliphatic carbocycles. The largest absolute Gasteiger partial charge is 0.392 e. The van der Waals surface area contributed by atoms with Crippen LogP contribution < -0.4 is 0 Å². The second-order valence-electron chi connectivity index (χ2n) is 4.25. The average Bonchev–Trinajstić information content (AvgIpc) is 2.24. The minimum Gasteiger partial charge on any atom is -0.392 e. The molecule has 4 heteroatoms. The summed E-state index contributed by atoms with van der Waals surface area (Å²) in [5.41, 5.74) is -0.0373. The Kier molecular flexibility index (Phi) is 3.19. The first-order chi connectivity index (χ1) is 7.59. The van der Waals surface area contributed by atoms with Crippen molar-refractivity contribution in [2.45, 2.75) is 37.7 Å². The number of halogens is 3. The van der Waals surface area contributed by atoms with Gasteiger partial charge in [0.25, 0.3) is 0 Å². The Morgan fingerprint density at radius 2 is 1.75 bits per heavy atom. The molecule has 0 aromatic heterocycles. The first-order valence-corrected chi connectivity index (χ1v) is 5.42. The van der Waals surface area contributed by atoms with Crippen LogP contribution in [0.4, 0.5) is 13.2 Å². The summed E-state index contributed by atoms with van der Waals surface area (Å²) >= 11 is 0. The molecule has 1 aromatic carbocycles. The van der Waals surface area contributed by atoms with E-state index < -0.39 is 29.5 Å². The Balaban J connectivity index is 2.38. The van der Waals surface area contributed by atoms with E-state index in [1.165, 1.54) is 0 Å². The third-order valence-corrected chi connectivity index (χ3v) is 3.15. The van der Waals surface area contributed by atoms with Crippen LogP contribution in [-0.2, 0) is 0 Å². The highest BCUT2D eigenvalue weighted by molar-refractivity contribution is 5.25. The van der Waals surface area contributed by atoms with Gasteiger partial charge >= 0.3 is 0 Å². The van der Waals surface area contributed by atoms with E-state index in [2.05, 4.69) is 0 Å². The van der Waals surface area contributed by atoms with Gasteiger partial charge in [-0.15, -0.1) is 0 Å². The zero-order valence-electron chi connectivity index (χ0n) is 8.72. The van der Waals surface area contributed by atoms with Crippen LogP contribution in [0.5, 0.6) is 0 Å². The molecule has 16 heavy (non-hydrogen) atoms. The van der Waals surface area contributed by atoms with Gasteiger partial charge in [0, 0.05) is 12.0 Å². The van der Waals surface area contributed by atoms with Crippen LogP contribution >= 0.6 is 0 Å². The van der Waals surface area contributed by atoms with Gasteiger partial charge in [-0.25, -0.2) is 13.2 Å². The van der Waals surface area contributed by atoms with Crippen molar-refractivity contribution < 1.29 is 18.3 Å². The summed E-state index contributed by atoms with van der Waals surface area (Å²) in [7, 11) is 0. The van der Waals surface area contributed by atoms with Crippen molar-refractivity contribution in [3.05, 3.63) is 35.1 Å². The summed E-state index contributed by atoms with van der Waals surface area (Å²) in [5, 5.41) is 9.72. The molecule has 0 amide bonds. The van der Waals surface area contributed by atoms with Gasteiger partial charge in [-0.3, -0.25) is 0 Å². The molecule has 0 aliphatic heterocycles. The highest BCUT2D eigenvalue weighted by atomic mass is 19.2. The molecule has 1 N–H and O–H groups in total. The van der Waals surface area contributed by atoms with Gasteiger partial charge in [0.2, 0.25) is 0 Å². The Morgan fingerprint density at radius 1 is 1.06 bits per heavy atom. The SMILES string of the molecule is OC1CCCCC1c1cc(F)cc(F)c1F. The van der Waals surface area contributed by atoms with Gasteiger partial charge in [0.15, 0.2) is 11.6 Å². The Hall–Kier alpha value is -1.03. The fourth-order valence-electron chi connectivity index (χ4n) is 2.32. The van der Waals surface area contributed by atoms with E-state index in [-0.39, 0.29) is 5.56 Å². The summed E-state index contributed by atoms with van der Waals surface area (Å²) in [6, 6.07) is 1.51. The highest BCUT2D eigenvalue weighted by Crippen LogP contribution is 2.35. The molecule has 2 rings (SSSR count). The molecule has 1 fully saturated rings. The van der Waals surface area contributed by atoms with Crippen molar-refractivity contribution in [2.24, 2.45) is 0 Å². The van der Waals surface area contributed by atoms with E-state index in [0.717, 1.165) is 18.9 Å². The molecular formula is C12H13F3O. The van der Waals surface area contributed by atoms with E-state index in [0.29, 0.717) is 18.9 Å². The number of benzene rings is 1. The monoisotopic (exact) mass is 230 g/mol. The summed E-state index contributed by atoms with van der Waals surface area (Å²) in [6.07, 6.45) is 2.14. The van der Waals surface area contributed by atoms with Crippen LogP contribution in [0.3, 0.4) is 0 Å². The molecule has 2 atom stereocenters. The molecule has 0 heterocycles. The lowest BCUT2D eigenvalue weighted by Gasteiger charge is -2.28. The first-order valence-electron chi connectivity index (χ1n) is 5.42. The number of aliphatic hydroxyl groups is 1. The molecule has 0 saturated heterocycles.